The molecular weight excluding hydrogens is 278 g/mol. The van der Waals surface area contributed by atoms with E-state index in [1.54, 1.807) is 11.3 Å². The lowest BCUT2D eigenvalue weighted by Crippen LogP contribution is -2.39. The summed E-state index contributed by atoms with van der Waals surface area (Å²) in [4.78, 5) is 3.26. The molecule has 1 heterocycles. The van der Waals surface area contributed by atoms with Crippen LogP contribution in [0.2, 0.25) is 0 Å². The zero-order valence-electron chi connectivity index (χ0n) is 8.64. The number of rotatable bonds is 4. The van der Waals surface area contributed by atoms with Crippen LogP contribution in [0.25, 0.3) is 0 Å². The lowest BCUT2D eigenvalue weighted by Gasteiger charge is -2.22. The van der Waals surface area contributed by atoms with E-state index >= 15 is 0 Å². The first-order chi connectivity index (χ1) is 7.04. The molecule has 0 aliphatic rings. The highest BCUT2D eigenvalue weighted by Gasteiger charge is 2.14. The van der Waals surface area contributed by atoms with Crippen molar-refractivity contribution >= 4 is 33.1 Å². The van der Waals surface area contributed by atoms with Gasteiger partial charge < -0.3 is 10.9 Å². The van der Waals surface area contributed by atoms with Crippen molar-refractivity contribution in [2.75, 3.05) is 7.05 Å². The van der Waals surface area contributed by atoms with Crippen molar-refractivity contribution in [1.29, 1.82) is 0 Å². The number of oxime groups is 1. The molecule has 0 aliphatic carbocycles. The molecule has 1 unspecified atom stereocenters. The summed E-state index contributed by atoms with van der Waals surface area (Å²) in [5.74, 6) is 0.230. The average Bonchev–Trinajstić information content (AvgIpc) is 2.61. The predicted octanol–water partition coefficient (Wildman–Crippen LogP) is 2.08. The number of halogens is 1. The van der Waals surface area contributed by atoms with Crippen molar-refractivity contribution in [1.82, 2.24) is 4.90 Å². The zero-order valence-corrected chi connectivity index (χ0v) is 11.0. The van der Waals surface area contributed by atoms with Gasteiger partial charge in [0, 0.05) is 21.3 Å². The van der Waals surface area contributed by atoms with Gasteiger partial charge in [0.05, 0.1) is 6.04 Å². The van der Waals surface area contributed by atoms with Crippen molar-refractivity contribution in [2.24, 2.45) is 10.9 Å². The summed E-state index contributed by atoms with van der Waals surface area (Å²) in [5.41, 5.74) is 5.53. The zero-order chi connectivity index (χ0) is 11.4. The molecule has 84 valence electrons. The van der Waals surface area contributed by atoms with Crippen LogP contribution in [0, 0.1) is 0 Å². The monoisotopic (exact) mass is 291 g/mol. The summed E-state index contributed by atoms with van der Waals surface area (Å²) in [5, 5.41) is 13.6. The molecule has 6 heteroatoms. The molecule has 15 heavy (non-hydrogen) atoms. The molecule has 0 aliphatic heterocycles. The van der Waals surface area contributed by atoms with Gasteiger partial charge in [-0.15, -0.1) is 11.3 Å². The van der Waals surface area contributed by atoms with Crippen LogP contribution in [0.3, 0.4) is 0 Å². The summed E-state index contributed by atoms with van der Waals surface area (Å²) in [6.45, 7) is 2.69. The second-order valence-electron chi connectivity index (χ2n) is 3.35. The maximum Gasteiger partial charge on any atom is 0.156 e. The van der Waals surface area contributed by atoms with Crippen molar-refractivity contribution in [3.8, 4) is 0 Å². The van der Waals surface area contributed by atoms with Gasteiger partial charge in [0.2, 0.25) is 0 Å². The van der Waals surface area contributed by atoms with Gasteiger partial charge in [0.15, 0.2) is 5.84 Å². The smallest absolute Gasteiger partial charge is 0.156 e. The molecule has 4 nitrogen and oxygen atoms in total. The van der Waals surface area contributed by atoms with Crippen LogP contribution < -0.4 is 5.73 Å². The van der Waals surface area contributed by atoms with Gasteiger partial charge >= 0.3 is 0 Å². The minimum absolute atomic E-state index is 0.0733. The standard InChI is InChI=1S/C9H14BrN3OS/c1-6(9(11)12-14)13(2)4-8-3-7(10)5-15-8/h3,5-6,14H,4H2,1-2H3,(H2,11,12). The second kappa shape index (κ2) is 5.48. The van der Waals surface area contributed by atoms with E-state index in [2.05, 4.69) is 27.2 Å². The first-order valence-electron chi connectivity index (χ1n) is 4.45. The van der Waals surface area contributed by atoms with Crippen LogP contribution in [0.5, 0.6) is 0 Å². The third kappa shape index (κ3) is 3.48. The lowest BCUT2D eigenvalue weighted by atomic mass is 10.2. The van der Waals surface area contributed by atoms with Gasteiger partial charge in [-0.25, -0.2) is 0 Å². The molecule has 0 radical (unpaired) electrons. The van der Waals surface area contributed by atoms with E-state index in [4.69, 9.17) is 10.9 Å². The fourth-order valence-corrected chi connectivity index (χ4v) is 2.64. The summed E-state index contributed by atoms with van der Waals surface area (Å²) < 4.78 is 1.09. The minimum Gasteiger partial charge on any atom is -0.409 e. The average molecular weight is 292 g/mol. The maximum absolute atomic E-state index is 8.56. The maximum atomic E-state index is 8.56. The highest BCUT2D eigenvalue weighted by atomic mass is 79.9. The first kappa shape index (κ1) is 12.5. The van der Waals surface area contributed by atoms with Crippen LogP contribution in [0.4, 0.5) is 0 Å². The molecule has 0 aromatic carbocycles. The van der Waals surface area contributed by atoms with E-state index in [1.165, 1.54) is 4.88 Å². The molecule has 0 bridgehead atoms. The molecular formula is C9H14BrN3OS. The van der Waals surface area contributed by atoms with Gasteiger partial charge in [0.25, 0.3) is 0 Å². The van der Waals surface area contributed by atoms with Crippen molar-refractivity contribution < 1.29 is 5.21 Å². The van der Waals surface area contributed by atoms with E-state index in [1.807, 2.05) is 24.3 Å². The first-order valence-corrected chi connectivity index (χ1v) is 6.12. The summed E-state index contributed by atoms with van der Waals surface area (Å²) in [6.07, 6.45) is 0. The number of nitrogens with zero attached hydrogens (tertiary/aromatic N) is 2. The highest BCUT2D eigenvalue weighted by molar-refractivity contribution is 9.10. The van der Waals surface area contributed by atoms with E-state index in [-0.39, 0.29) is 11.9 Å². The van der Waals surface area contributed by atoms with Crippen LogP contribution in [0.1, 0.15) is 11.8 Å². The number of hydrogen-bond acceptors (Lipinski definition) is 4. The second-order valence-corrected chi connectivity index (χ2v) is 5.26. The van der Waals surface area contributed by atoms with E-state index in [0.29, 0.717) is 0 Å². The van der Waals surface area contributed by atoms with Crippen molar-refractivity contribution in [3.63, 3.8) is 0 Å². The molecule has 0 saturated heterocycles. The Morgan fingerprint density at radius 2 is 2.47 bits per heavy atom. The summed E-state index contributed by atoms with van der Waals surface area (Å²) in [6, 6.07) is 2.00. The Bertz CT molecular complexity index is 353. The van der Waals surface area contributed by atoms with E-state index in [0.717, 1.165) is 11.0 Å². The van der Waals surface area contributed by atoms with Gasteiger partial charge in [-0.05, 0) is 36.0 Å². The number of likely N-dealkylation sites (N-methyl/N-ethyl adjacent to an activating group) is 1. The SMILES string of the molecule is CC(C(N)=NO)N(C)Cc1cc(Br)cs1. The molecule has 1 atom stereocenters. The third-order valence-electron chi connectivity index (χ3n) is 2.23. The van der Waals surface area contributed by atoms with Gasteiger partial charge in [-0.2, -0.15) is 0 Å². The fraction of sp³-hybridized carbons (Fsp3) is 0.444. The largest absolute Gasteiger partial charge is 0.409 e. The Morgan fingerprint density at radius 1 is 1.80 bits per heavy atom. The van der Waals surface area contributed by atoms with Gasteiger partial charge in [0.1, 0.15) is 0 Å². The topological polar surface area (TPSA) is 61.9 Å². The number of nitrogens with two attached hydrogens (primary N) is 1. The molecule has 0 amide bonds. The lowest BCUT2D eigenvalue weighted by molar-refractivity contribution is 0.280. The van der Waals surface area contributed by atoms with Gasteiger partial charge in [-0.3, -0.25) is 4.90 Å². The molecule has 0 saturated carbocycles. The van der Waals surface area contributed by atoms with Crippen molar-refractivity contribution in [3.05, 3.63) is 20.8 Å². The number of amidine groups is 1. The summed E-state index contributed by atoms with van der Waals surface area (Å²) in [7, 11) is 1.94. The Morgan fingerprint density at radius 3 is 2.93 bits per heavy atom. The molecule has 1 aromatic heterocycles. The normalized spacial score (nSPS) is 14.5. The Kier molecular flexibility index (Phi) is 4.56. The Labute approximate surface area is 102 Å². The summed E-state index contributed by atoms with van der Waals surface area (Å²) >= 11 is 5.09. The molecule has 1 aromatic rings. The van der Waals surface area contributed by atoms with Crippen LogP contribution in [-0.2, 0) is 6.54 Å². The Hall–Kier alpha value is -0.590. The van der Waals surface area contributed by atoms with Crippen LogP contribution >= 0.6 is 27.3 Å². The van der Waals surface area contributed by atoms with E-state index in [9.17, 15) is 0 Å². The van der Waals surface area contributed by atoms with E-state index < -0.39 is 0 Å². The number of hydrogen-bond donors (Lipinski definition) is 2. The molecule has 1 rings (SSSR count). The van der Waals surface area contributed by atoms with Crippen molar-refractivity contribution in [2.45, 2.75) is 19.5 Å². The van der Waals surface area contributed by atoms with Gasteiger partial charge in [-0.1, -0.05) is 5.16 Å². The number of thiophene rings is 1. The predicted molar refractivity (Wildman–Crippen MR) is 66.4 cm³/mol. The Balaban J connectivity index is 2.59. The molecule has 0 fully saturated rings. The molecule has 0 spiro atoms. The molecule has 3 N–H and O–H groups in total. The fourth-order valence-electron chi connectivity index (χ4n) is 1.13. The third-order valence-corrected chi connectivity index (χ3v) is 3.91. The minimum atomic E-state index is -0.0733. The van der Waals surface area contributed by atoms with Crippen LogP contribution in [0.15, 0.2) is 21.1 Å². The van der Waals surface area contributed by atoms with Crippen LogP contribution in [-0.4, -0.2) is 29.0 Å². The highest BCUT2D eigenvalue weighted by Crippen LogP contribution is 2.21. The quantitative estimate of drug-likeness (QED) is 0.386.